The molecule has 1 amide bonds. The van der Waals surface area contributed by atoms with Crippen LogP contribution in [-0.2, 0) is 25.5 Å². The van der Waals surface area contributed by atoms with Gasteiger partial charge in [0.2, 0.25) is 0 Å². The Morgan fingerprint density at radius 1 is 1.32 bits per heavy atom. The number of nitrogens with one attached hydrogen (secondary N) is 1. The Morgan fingerprint density at radius 2 is 2.00 bits per heavy atom. The number of esters is 1. The van der Waals surface area contributed by atoms with Crippen LogP contribution in [0.15, 0.2) is 4.79 Å². The van der Waals surface area contributed by atoms with Gasteiger partial charge < -0.3 is 19.4 Å². The maximum absolute atomic E-state index is 11.9. The number of carbonyl (C=O) groups is 2. The molecule has 134 valence electrons. The average molecular weight is 347 g/mol. The summed E-state index contributed by atoms with van der Waals surface area (Å²) in [6, 6.07) is 1.87. The summed E-state index contributed by atoms with van der Waals surface area (Å²) in [5.41, 5.74) is 1.56. The third-order valence-electron chi connectivity index (χ3n) is 4.22. The summed E-state index contributed by atoms with van der Waals surface area (Å²) in [4.78, 5) is 39.7. The Kier molecular flexibility index (Phi) is 6.31. The van der Waals surface area contributed by atoms with E-state index in [4.69, 9.17) is 14.7 Å². The number of morpholine rings is 1. The van der Waals surface area contributed by atoms with Crippen molar-refractivity contribution in [2.75, 3.05) is 32.9 Å². The van der Waals surface area contributed by atoms with Crippen LogP contribution in [0.5, 0.6) is 0 Å². The van der Waals surface area contributed by atoms with Crippen LogP contribution in [0, 0.1) is 25.2 Å². The number of amides is 1. The highest BCUT2D eigenvalue weighted by Crippen LogP contribution is 2.15. The van der Waals surface area contributed by atoms with Crippen molar-refractivity contribution in [2.45, 2.75) is 26.7 Å². The second-order valence-electron chi connectivity index (χ2n) is 5.82. The molecule has 0 saturated carbocycles. The van der Waals surface area contributed by atoms with Crippen LogP contribution in [-0.4, -0.2) is 54.7 Å². The monoisotopic (exact) mass is 347 g/mol. The summed E-state index contributed by atoms with van der Waals surface area (Å²) >= 11 is 0. The zero-order valence-electron chi connectivity index (χ0n) is 14.4. The summed E-state index contributed by atoms with van der Waals surface area (Å²) in [5, 5.41) is 9.05. The van der Waals surface area contributed by atoms with Crippen molar-refractivity contribution in [2.24, 2.45) is 0 Å². The summed E-state index contributed by atoms with van der Waals surface area (Å²) in [6.07, 6.45) is 0.392. The molecule has 1 saturated heterocycles. The van der Waals surface area contributed by atoms with Crippen molar-refractivity contribution in [3.63, 3.8) is 0 Å². The molecule has 2 rings (SSSR count). The molecule has 25 heavy (non-hydrogen) atoms. The molecule has 0 aromatic carbocycles. The molecule has 1 aliphatic rings. The number of aromatic nitrogens is 1. The van der Waals surface area contributed by atoms with Crippen LogP contribution in [0.1, 0.15) is 28.8 Å². The SMILES string of the molecule is Cc1[nH]c(=O)c(C#N)c(C)c1CCC(=O)OCC(=O)N1CCOCC1. The van der Waals surface area contributed by atoms with Gasteiger partial charge in [-0.15, -0.1) is 0 Å². The number of hydrogen-bond donors (Lipinski definition) is 1. The van der Waals surface area contributed by atoms with E-state index in [-0.39, 0.29) is 24.5 Å². The van der Waals surface area contributed by atoms with Crippen molar-refractivity contribution in [1.29, 1.82) is 5.26 Å². The van der Waals surface area contributed by atoms with E-state index in [1.54, 1.807) is 18.7 Å². The van der Waals surface area contributed by atoms with Gasteiger partial charge in [0, 0.05) is 25.2 Å². The van der Waals surface area contributed by atoms with E-state index in [0.717, 1.165) is 5.56 Å². The summed E-state index contributed by atoms with van der Waals surface area (Å²) in [5.74, 6) is -0.732. The number of nitriles is 1. The predicted octanol–water partition coefficient (Wildman–Crippen LogP) is 0.198. The Labute approximate surface area is 145 Å². The molecular formula is C17H21N3O5. The highest BCUT2D eigenvalue weighted by molar-refractivity contribution is 5.80. The minimum atomic E-state index is -0.495. The Bertz CT molecular complexity index is 757. The molecule has 2 heterocycles. The lowest BCUT2D eigenvalue weighted by molar-refractivity contribution is -0.153. The third-order valence-corrected chi connectivity index (χ3v) is 4.22. The van der Waals surface area contributed by atoms with E-state index >= 15 is 0 Å². The summed E-state index contributed by atoms with van der Waals surface area (Å²) in [6.45, 7) is 5.11. The second-order valence-corrected chi connectivity index (χ2v) is 5.82. The largest absolute Gasteiger partial charge is 0.456 e. The molecule has 0 radical (unpaired) electrons. The number of carbonyl (C=O) groups excluding carboxylic acids is 2. The van der Waals surface area contributed by atoms with Crippen LogP contribution < -0.4 is 5.56 Å². The van der Waals surface area contributed by atoms with E-state index < -0.39 is 11.5 Å². The molecule has 0 aliphatic carbocycles. The standard InChI is InChI=1S/C17H21N3O5/c1-11-13(12(2)19-17(23)14(11)9-18)3-4-16(22)25-10-15(21)20-5-7-24-8-6-20/h3-8,10H2,1-2H3,(H,19,23). The van der Waals surface area contributed by atoms with Gasteiger partial charge in [0.05, 0.1) is 13.2 Å². The zero-order valence-corrected chi connectivity index (χ0v) is 14.4. The van der Waals surface area contributed by atoms with Crippen molar-refractivity contribution >= 4 is 11.9 Å². The minimum Gasteiger partial charge on any atom is -0.456 e. The fraction of sp³-hybridized carbons (Fsp3) is 0.529. The third kappa shape index (κ3) is 4.67. The lowest BCUT2D eigenvalue weighted by Gasteiger charge is -2.26. The molecule has 0 unspecified atom stereocenters. The van der Waals surface area contributed by atoms with Crippen LogP contribution in [0.3, 0.4) is 0 Å². The fourth-order valence-electron chi connectivity index (χ4n) is 2.77. The first kappa shape index (κ1) is 18.7. The number of ether oxygens (including phenoxy) is 2. The second kappa shape index (κ2) is 8.44. The molecule has 1 aliphatic heterocycles. The highest BCUT2D eigenvalue weighted by atomic mass is 16.5. The Balaban J connectivity index is 1.89. The highest BCUT2D eigenvalue weighted by Gasteiger charge is 2.19. The van der Waals surface area contributed by atoms with Crippen LogP contribution in [0.25, 0.3) is 0 Å². The molecule has 1 fully saturated rings. The van der Waals surface area contributed by atoms with Crippen LogP contribution in [0.2, 0.25) is 0 Å². The summed E-state index contributed by atoms with van der Waals surface area (Å²) < 4.78 is 10.2. The molecule has 1 aromatic heterocycles. The fourth-order valence-corrected chi connectivity index (χ4v) is 2.77. The minimum absolute atomic E-state index is 0.0523. The topological polar surface area (TPSA) is 112 Å². The van der Waals surface area contributed by atoms with E-state index in [1.165, 1.54) is 0 Å². The van der Waals surface area contributed by atoms with Gasteiger partial charge in [-0.2, -0.15) is 5.26 Å². The zero-order chi connectivity index (χ0) is 18.4. The van der Waals surface area contributed by atoms with E-state index in [1.807, 2.05) is 6.07 Å². The number of nitrogens with zero attached hydrogens (tertiary/aromatic N) is 2. The van der Waals surface area contributed by atoms with Crippen molar-refractivity contribution in [3.05, 3.63) is 32.7 Å². The number of pyridine rings is 1. The number of hydrogen-bond acceptors (Lipinski definition) is 6. The normalized spacial score (nSPS) is 14.0. The molecule has 1 aromatic rings. The molecule has 0 atom stereocenters. The number of H-pyrrole nitrogens is 1. The average Bonchev–Trinajstić information content (AvgIpc) is 2.60. The molecule has 8 nitrogen and oxygen atoms in total. The quantitative estimate of drug-likeness (QED) is 0.761. The smallest absolute Gasteiger partial charge is 0.306 e. The van der Waals surface area contributed by atoms with Gasteiger partial charge in [-0.25, -0.2) is 0 Å². The molecule has 0 bridgehead atoms. The van der Waals surface area contributed by atoms with E-state index in [0.29, 0.717) is 44.0 Å². The van der Waals surface area contributed by atoms with Gasteiger partial charge in [0.25, 0.3) is 11.5 Å². The van der Waals surface area contributed by atoms with Gasteiger partial charge in [-0.3, -0.25) is 14.4 Å². The molecular weight excluding hydrogens is 326 g/mol. The lowest BCUT2D eigenvalue weighted by atomic mass is 9.99. The number of rotatable bonds is 5. The van der Waals surface area contributed by atoms with Crippen LogP contribution in [0.4, 0.5) is 0 Å². The maximum atomic E-state index is 11.9. The van der Waals surface area contributed by atoms with Gasteiger partial charge in [-0.05, 0) is 31.4 Å². The van der Waals surface area contributed by atoms with Crippen molar-refractivity contribution < 1.29 is 19.1 Å². The molecule has 1 N–H and O–H groups in total. The van der Waals surface area contributed by atoms with E-state index in [9.17, 15) is 14.4 Å². The molecule has 0 spiro atoms. The first-order valence-electron chi connectivity index (χ1n) is 8.07. The Morgan fingerprint density at radius 3 is 2.64 bits per heavy atom. The van der Waals surface area contributed by atoms with Gasteiger partial charge in [0.15, 0.2) is 6.61 Å². The molecule has 8 heteroatoms. The van der Waals surface area contributed by atoms with Gasteiger partial charge in [-0.1, -0.05) is 0 Å². The lowest BCUT2D eigenvalue weighted by Crippen LogP contribution is -2.42. The van der Waals surface area contributed by atoms with Crippen LogP contribution >= 0.6 is 0 Å². The Hall–Kier alpha value is -2.66. The predicted molar refractivity (Wildman–Crippen MR) is 87.9 cm³/mol. The maximum Gasteiger partial charge on any atom is 0.306 e. The van der Waals surface area contributed by atoms with E-state index in [2.05, 4.69) is 4.98 Å². The van der Waals surface area contributed by atoms with Gasteiger partial charge >= 0.3 is 5.97 Å². The first-order valence-corrected chi connectivity index (χ1v) is 8.07. The van der Waals surface area contributed by atoms with Crippen molar-refractivity contribution in [3.8, 4) is 6.07 Å². The number of aryl methyl sites for hydroxylation is 1. The van der Waals surface area contributed by atoms with Crippen molar-refractivity contribution in [1.82, 2.24) is 9.88 Å². The first-order chi connectivity index (χ1) is 11.9. The number of aromatic amines is 1. The summed E-state index contributed by atoms with van der Waals surface area (Å²) in [7, 11) is 0. The van der Waals surface area contributed by atoms with Gasteiger partial charge in [0.1, 0.15) is 11.6 Å².